The summed E-state index contributed by atoms with van der Waals surface area (Å²) in [5, 5.41) is 0. The summed E-state index contributed by atoms with van der Waals surface area (Å²) in [5.41, 5.74) is 0.0191. The van der Waals surface area contributed by atoms with Gasteiger partial charge in [0.1, 0.15) is 6.29 Å². The second kappa shape index (κ2) is 6.18. The molecular weight excluding hydrogens is 176 g/mol. The fourth-order valence-corrected chi connectivity index (χ4v) is 2.28. The average Bonchev–Trinajstić information content (AvgIpc) is 2.15. The molecule has 0 aliphatic rings. The summed E-state index contributed by atoms with van der Waals surface area (Å²) in [7, 11) is 1.71. The van der Waals surface area contributed by atoms with Gasteiger partial charge in [-0.3, -0.25) is 0 Å². The van der Waals surface area contributed by atoms with Crippen LogP contribution in [0.4, 0.5) is 0 Å². The molecule has 0 radical (unpaired) electrons. The van der Waals surface area contributed by atoms with Gasteiger partial charge in [0.05, 0.1) is 6.61 Å². The average molecular weight is 200 g/mol. The van der Waals surface area contributed by atoms with Crippen molar-refractivity contribution in [2.75, 3.05) is 13.7 Å². The number of methoxy groups -OCH3 is 1. The maximum absolute atomic E-state index is 11.0. The van der Waals surface area contributed by atoms with Crippen molar-refractivity contribution in [1.29, 1.82) is 0 Å². The fourth-order valence-electron chi connectivity index (χ4n) is 2.28. The predicted octanol–water partition coefficient (Wildman–Crippen LogP) is 2.91. The molecule has 2 heteroatoms. The van der Waals surface area contributed by atoms with Crippen LogP contribution >= 0.6 is 0 Å². The third-order valence-electron chi connectivity index (χ3n) is 3.39. The van der Waals surface area contributed by atoms with Gasteiger partial charge in [-0.1, -0.05) is 34.1 Å². The number of hydrogen-bond acceptors (Lipinski definition) is 2. The first-order valence-corrected chi connectivity index (χ1v) is 5.49. The zero-order chi connectivity index (χ0) is 11.2. The minimum absolute atomic E-state index is 0.0191. The van der Waals surface area contributed by atoms with E-state index < -0.39 is 0 Å². The first-order chi connectivity index (χ1) is 6.55. The van der Waals surface area contributed by atoms with E-state index in [1.807, 2.05) is 6.92 Å². The van der Waals surface area contributed by atoms with E-state index in [-0.39, 0.29) is 11.3 Å². The van der Waals surface area contributed by atoms with E-state index in [9.17, 15) is 4.79 Å². The molecule has 0 bridgehead atoms. The summed E-state index contributed by atoms with van der Waals surface area (Å²) in [6, 6.07) is 0. The molecule has 0 N–H and O–H groups in total. The molecule has 0 aromatic carbocycles. The highest BCUT2D eigenvalue weighted by atomic mass is 16.5. The van der Waals surface area contributed by atoms with E-state index in [1.54, 1.807) is 7.11 Å². The van der Waals surface area contributed by atoms with Crippen LogP contribution in [0, 0.1) is 17.3 Å². The topological polar surface area (TPSA) is 26.3 Å². The minimum Gasteiger partial charge on any atom is -0.384 e. The molecule has 0 saturated heterocycles. The molecule has 0 heterocycles. The van der Waals surface area contributed by atoms with Gasteiger partial charge in [-0.05, 0) is 12.3 Å². The standard InChI is InChI=1S/C12H24O2/c1-6-7-12(9-14-5,10(2)3)11(4)8-13/h8,10-11H,6-7,9H2,1-5H3. The van der Waals surface area contributed by atoms with Gasteiger partial charge in [0.25, 0.3) is 0 Å². The number of carbonyl (C=O) groups excluding carboxylic acids is 1. The van der Waals surface area contributed by atoms with Gasteiger partial charge in [0.15, 0.2) is 0 Å². The van der Waals surface area contributed by atoms with Crippen molar-refractivity contribution in [1.82, 2.24) is 0 Å². The Kier molecular flexibility index (Phi) is 6.01. The van der Waals surface area contributed by atoms with Crippen molar-refractivity contribution in [3.05, 3.63) is 0 Å². The summed E-state index contributed by atoms with van der Waals surface area (Å²) >= 11 is 0. The van der Waals surface area contributed by atoms with Crippen LogP contribution in [0.25, 0.3) is 0 Å². The van der Waals surface area contributed by atoms with Crippen molar-refractivity contribution in [2.24, 2.45) is 17.3 Å². The molecule has 0 spiro atoms. The maximum Gasteiger partial charge on any atom is 0.123 e. The highest BCUT2D eigenvalue weighted by Crippen LogP contribution is 2.39. The lowest BCUT2D eigenvalue weighted by atomic mass is 9.66. The Morgan fingerprint density at radius 2 is 1.93 bits per heavy atom. The molecular formula is C12H24O2. The molecule has 0 aromatic rings. The lowest BCUT2D eigenvalue weighted by Crippen LogP contribution is -2.39. The molecule has 0 amide bonds. The monoisotopic (exact) mass is 200 g/mol. The zero-order valence-corrected chi connectivity index (χ0v) is 10.2. The summed E-state index contributed by atoms with van der Waals surface area (Å²) < 4.78 is 5.29. The lowest BCUT2D eigenvalue weighted by molar-refractivity contribution is -0.118. The Labute approximate surface area is 88.0 Å². The molecule has 0 aromatic heterocycles. The van der Waals surface area contributed by atoms with Gasteiger partial charge >= 0.3 is 0 Å². The van der Waals surface area contributed by atoms with E-state index in [0.29, 0.717) is 12.5 Å². The van der Waals surface area contributed by atoms with Crippen molar-refractivity contribution >= 4 is 6.29 Å². The molecule has 0 rings (SSSR count). The Bertz CT molecular complexity index is 158. The molecule has 0 aliphatic carbocycles. The van der Waals surface area contributed by atoms with Gasteiger partial charge < -0.3 is 9.53 Å². The highest BCUT2D eigenvalue weighted by molar-refractivity contribution is 5.54. The summed E-state index contributed by atoms with van der Waals surface area (Å²) in [6.07, 6.45) is 3.22. The number of rotatable bonds is 7. The Hall–Kier alpha value is -0.370. The van der Waals surface area contributed by atoms with Crippen LogP contribution < -0.4 is 0 Å². The van der Waals surface area contributed by atoms with E-state index in [0.717, 1.165) is 19.1 Å². The molecule has 0 aliphatic heterocycles. The highest BCUT2D eigenvalue weighted by Gasteiger charge is 2.38. The molecule has 14 heavy (non-hydrogen) atoms. The maximum atomic E-state index is 11.0. The van der Waals surface area contributed by atoms with Crippen LogP contribution in [-0.4, -0.2) is 20.0 Å². The van der Waals surface area contributed by atoms with Crippen LogP contribution in [-0.2, 0) is 9.53 Å². The second-order valence-corrected chi connectivity index (χ2v) is 4.50. The summed E-state index contributed by atoms with van der Waals surface area (Å²) in [6.45, 7) is 9.19. The number of carbonyl (C=O) groups is 1. The van der Waals surface area contributed by atoms with Crippen molar-refractivity contribution in [3.8, 4) is 0 Å². The Morgan fingerprint density at radius 3 is 2.21 bits per heavy atom. The van der Waals surface area contributed by atoms with Crippen LogP contribution in [0.5, 0.6) is 0 Å². The number of ether oxygens (including phenoxy) is 1. The molecule has 0 saturated carbocycles. The van der Waals surface area contributed by atoms with Crippen LogP contribution in [0.2, 0.25) is 0 Å². The number of hydrogen-bond donors (Lipinski definition) is 0. The molecule has 2 unspecified atom stereocenters. The first kappa shape index (κ1) is 13.6. The van der Waals surface area contributed by atoms with Gasteiger partial charge in [-0.25, -0.2) is 0 Å². The number of aldehydes is 1. The van der Waals surface area contributed by atoms with Crippen molar-refractivity contribution in [3.63, 3.8) is 0 Å². The summed E-state index contributed by atoms with van der Waals surface area (Å²) in [4.78, 5) is 11.0. The molecule has 2 atom stereocenters. The largest absolute Gasteiger partial charge is 0.384 e. The van der Waals surface area contributed by atoms with Crippen molar-refractivity contribution < 1.29 is 9.53 Å². The molecule has 84 valence electrons. The third kappa shape index (κ3) is 2.81. The van der Waals surface area contributed by atoms with Crippen LogP contribution in [0.3, 0.4) is 0 Å². The zero-order valence-electron chi connectivity index (χ0n) is 10.2. The van der Waals surface area contributed by atoms with E-state index in [2.05, 4.69) is 20.8 Å². The van der Waals surface area contributed by atoms with Gasteiger partial charge in [-0.15, -0.1) is 0 Å². The predicted molar refractivity (Wildman–Crippen MR) is 59.3 cm³/mol. The Morgan fingerprint density at radius 1 is 1.36 bits per heavy atom. The molecule has 0 fully saturated rings. The quantitative estimate of drug-likeness (QED) is 0.591. The first-order valence-electron chi connectivity index (χ1n) is 5.49. The smallest absolute Gasteiger partial charge is 0.123 e. The lowest BCUT2D eigenvalue weighted by Gasteiger charge is -2.40. The SMILES string of the molecule is CCCC(COC)(C(C)C)C(C)C=O. The second-order valence-electron chi connectivity index (χ2n) is 4.50. The van der Waals surface area contributed by atoms with Crippen LogP contribution in [0.15, 0.2) is 0 Å². The normalized spacial score (nSPS) is 17.9. The van der Waals surface area contributed by atoms with Gasteiger partial charge in [-0.2, -0.15) is 0 Å². The third-order valence-corrected chi connectivity index (χ3v) is 3.39. The van der Waals surface area contributed by atoms with Crippen molar-refractivity contribution in [2.45, 2.75) is 40.5 Å². The summed E-state index contributed by atoms with van der Waals surface area (Å²) in [5.74, 6) is 0.546. The molecule has 2 nitrogen and oxygen atoms in total. The van der Waals surface area contributed by atoms with E-state index >= 15 is 0 Å². The fraction of sp³-hybridized carbons (Fsp3) is 0.917. The Balaban J connectivity index is 4.81. The van der Waals surface area contributed by atoms with Crippen LogP contribution in [0.1, 0.15) is 40.5 Å². The van der Waals surface area contributed by atoms with E-state index in [1.165, 1.54) is 0 Å². The van der Waals surface area contributed by atoms with Gasteiger partial charge in [0.2, 0.25) is 0 Å². The minimum atomic E-state index is 0.0191. The van der Waals surface area contributed by atoms with E-state index in [4.69, 9.17) is 4.74 Å². The van der Waals surface area contributed by atoms with Gasteiger partial charge in [0, 0.05) is 18.4 Å².